The maximum absolute atomic E-state index is 11.6. The van der Waals surface area contributed by atoms with Crippen LogP contribution in [0.25, 0.3) is 0 Å². The Morgan fingerprint density at radius 3 is 2.22 bits per heavy atom. The fourth-order valence-corrected chi connectivity index (χ4v) is 4.23. The lowest BCUT2D eigenvalue weighted by Gasteiger charge is -2.04. The third-order valence-corrected chi connectivity index (χ3v) is 5.08. The van der Waals surface area contributed by atoms with Crippen molar-refractivity contribution in [1.82, 2.24) is 0 Å². The van der Waals surface area contributed by atoms with E-state index in [9.17, 15) is 13.2 Å². The molecule has 1 aromatic rings. The smallest absolute Gasteiger partial charge is 0.325 e. The minimum atomic E-state index is -3.53. The lowest BCUT2D eigenvalue weighted by molar-refractivity contribution is -0.139. The fraction of sp³-hybridized carbons (Fsp3) is 0.364. The van der Waals surface area contributed by atoms with E-state index in [0.717, 1.165) is 6.26 Å². The first-order chi connectivity index (χ1) is 8.19. The van der Waals surface area contributed by atoms with Gasteiger partial charge in [-0.25, -0.2) is 8.42 Å². The molecule has 0 bridgehead atoms. The number of aliphatic carboxylic acids is 1. The van der Waals surface area contributed by atoms with Crippen LogP contribution in [0.1, 0.15) is 11.5 Å². The molecule has 0 radical (unpaired) electrons. The first kappa shape index (κ1) is 13.3. The van der Waals surface area contributed by atoms with Crippen LogP contribution in [0.2, 0.25) is 5.02 Å². The summed E-state index contributed by atoms with van der Waals surface area (Å²) in [5.74, 6) is -2.04. The van der Waals surface area contributed by atoms with Crippen LogP contribution >= 0.6 is 11.6 Å². The standard InChI is InChI=1S/C11H12ClNO4S/c1-18(16,17)9-8(11(9,13)10(14)15)6-2-4-7(12)5-3-6/h2-5,8-9H,13H2,1H3,(H,14,15)/t8-,9-,11-/m0/s1. The van der Waals surface area contributed by atoms with Crippen LogP contribution in [-0.2, 0) is 14.6 Å². The number of carboxylic acid groups (broad SMARTS) is 1. The Balaban J connectivity index is 2.45. The Labute approximate surface area is 109 Å². The zero-order chi connectivity index (χ0) is 13.7. The second kappa shape index (κ2) is 3.94. The monoisotopic (exact) mass is 289 g/mol. The van der Waals surface area contributed by atoms with E-state index in [1.807, 2.05) is 0 Å². The van der Waals surface area contributed by atoms with Gasteiger partial charge in [0.15, 0.2) is 9.84 Å². The van der Waals surface area contributed by atoms with Crippen LogP contribution < -0.4 is 5.73 Å². The van der Waals surface area contributed by atoms with E-state index < -0.39 is 32.5 Å². The van der Waals surface area contributed by atoms with Crippen LogP contribution in [0.5, 0.6) is 0 Å². The van der Waals surface area contributed by atoms with Gasteiger partial charge >= 0.3 is 5.97 Å². The minimum Gasteiger partial charge on any atom is -0.480 e. The SMILES string of the molecule is CS(=O)(=O)[C@H]1[C@H](c2ccc(Cl)cc2)[C@@]1(N)C(=O)O. The molecule has 5 nitrogen and oxygen atoms in total. The number of nitrogens with two attached hydrogens (primary N) is 1. The summed E-state index contributed by atoms with van der Waals surface area (Å²) in [7, 11) is -3.53. The van der Waals surface area contributed by atoms with E-state index in [1.165, 1.54) is 0 Å². The molecule has 18 heavy (non-hydrogen) atoms. The van der Waals surface area contributed by atoms with Crippen molar-refractivity contribution in [2.45, 2.75) is 16.7 Å². The van der Waals surface area contributed by atoms with Crippen LogP contribution in [0.15, 0.2) is 24.3 Å². The Morgan fingerprint density at radius 1 is 1.39 bits per heavy atom. The lowest BCUT2D eigenvalue weighted by atomic mass is 10.1. The van der Waals surface area contributed by atoms with Gasteiger partial charge in [-0.2, -0.15) is 0 Å². The van der Waals surface area contributed by atoms with Crippen molar-refractivity contribution in [2.24, 2.45) is 5.73 Å². The van der Waals surface area contributed by atoms with Gasteiger partial charge in [-0.3, -0.25) is 4.79 Å². The van der Waals surface area contributed by atoms with Gasteiger partial charge in [0.2, 0.25) is 0 Å². The Morgan fingerprint density at radius 2 is 1.89 bits per heavy atom. The number of halogens is 1. The van der Waals surface area contributed by atoms with Gasteiger partial charge in [0.25, 0.3) is 0 Å². The molecule has 1 aromatic carbocycles. The summed E-state index contributed by atoms with van der Waals surface area (Å²) >= 11 is 5.73. The van der Waals surface area contributed by atoms with Gasteiger partial charge in [-0.1, -0.05) is 23.7 Å². The molecule has 0 heterocycles. The van der Waals surface area contributed by atoms with E-state index in [1.54, 1.807) is 24.3 Å². The highest BCUT2D eigenvalue weighted by Crippen LogP contribution is 2.54. The summed E-state index contributed by atoms with van der Waals surface area (Å²) in [4.78, 5) is 11.2. The summed E-state index contributed by atoms with van der Waals surface area (Å²) in [6, 6.07) is 6.36. The van der Waals surface area contributed by atoms with Crippen molar-refractivity contribution in [3.05, 3.63) is 34.9 Å². The molecule has 3 N–H and O–H groups in total. The van der Waals surface area contributed by atoms with Crippen LogP contribution in [0.3, 0.4) is 0 Å². The Kier molecular flexibility index (Phi) is 2.92. The highest BCUT2D eigenvalue weighted by atomic mass is 35.5. The van der Waals surface area contributed by atoms with Gasteiger partial charge in [0.05, 0.1) is 5.25 Å². The molecule has 0 spiro atoms. The average Bonchev–Trinajstić information content (AvgIpc) is 2.87. The van der Waals surface area contributed by atoms with Crippen molar-refractivity contribution in [2.75, 3.05) is 6.26 Å². The predicted molar refractivity (Wildman–Crippen MR) is 67.4 cm³/mol. The number of sulfone groups is 1. The number of benzene rings is 1. The van der Waals surface area contributed by atoms with E-state index in [4.69, 9.17) is 22.4 Å². The Hall–Kier alpha value is -1.11. The Bertz CT molecular complexity index is 598. The zero-order valence-electron chi connectivity index (χ0n) is 9.50. The van der Waals surface area contributed by atoms with Gasteiger partial charge in [0.1, 0.15) is 5.54 Å². The van der Waals surface area contributed by atoms with Crippen molar-refractivity contribution >= 4 is 27.4 Å². The summed E-state index contributed by atoms with van der Waals surface area (Å²) in [5.41, 5.74) is 4.54. The van der Waals surface area contributed by atoms with Crippen molar-refractivity contribution in [3.63, 3.8) is 0 Å². The van der Waals surface area contributed by atoms with E-state index in [-0.39, 0.29) is 0 Å². The molecule has 3 atom stereocenters. The molecule has 0 unspecified atom stereocenters. The number of carbonyl (C=O) groups is 1. The van der Waals surface area contributed by atoms with Crippen LogP contribution in [-0.4, -0.2) is 36.5 Å². The first-order valence-electron chi connectivity index (χ1n) is 5.15. The molecule has 1 fully saturated rings. The van der Waals surface area contributed by atoms with Gasteiger partial charge in [-0.15, -0.1) is 0 Å². The van der Waals surface area contributed by atoms with E-state index >= 15 is 0 Å². The summed E-state index contributed by atoms with van der Waals surface area (Å²) in [6.07, 6.45) is 0.998. The molecule has 0 saturated heterocycles. The molecule has 98 valence electrons. The molecular weight excluding hydrogens is 278 g/mol. The normalized spacial score (nSPS) is 31.1. The van der Waals surface area contributed by atoms with E-state index in [0.29, 0.717) is 10.6 Å². The van der Waals surface area contributed by atoms with Gasteiger partial charge in [-0.05, 0) is 17.7 Å². The molecule has 2 rings (SSSR count). The van der Waals surface area contributed by atoms with Crippen LogP contribution in [0.4, 0.5) is 0 Å². The summed E-state index contributed by atoms with van der Waals surface area (Å²) in [6.45, 7) is 0. The number of rotatable bonds is 3. The number of carboxylic acids is 1. The van der Waals surface area contributed by atoms with Crippen molar-refractivity contribution in [1.29, 1.82) is 0 Å². The van der Waals surface area contributed by atoms with E-state index in [2.05, 4.69) is 0 Å². The highest BCUT2D eigenvalue weighted by Gasteiger charge is 2.73. The molecular formula is C11H12ClNO4S. The number of hydrogen-bond donors (Lipinski definition) is 2. The second-order valence-corrected chi connectivity index (χ2v) is 7.12. The molecule has 1 aliphatic carbocycles. The topological polar surface area (TPSA) is 97.5 Å². The molecule has 7 heteroatoms. The van der Waals surface area contributed by atoms with Gasteiger partial charge < -0.3 is 10.8 Å². The summed E-state index contributed by atoms with van der Waals surface area (Å²) in [5, 5.41) is 8.52. The highest BCUT2D eigenvalue weighted by molar-refractivity contribution is 7.91. The minimum absolute atomic E-state index is 0.494. The maximum atomic E-state index is 11.6. The predicted octanol–water partition coefficient (Wildman–Crippen LogP) is 0.633. The van der Waals surface area contributed by atoms with Gasteiger partial charge in [0, 0.05) is 17.2 Å². The lowest BCUT2D eigenvalue weighted by Crippen LogP contribution is -2.39. The molecule has 1 saturated carbocycles. The number of hydrogen-bond acceptors (Lipinski definition) is 4. The third kappa shape index (κ3) is 1.90. The molecule has 0 aliphatic heterocycles. The molecule has 0 amide bonds. The molecule has 0 aromatic heterocycles. The average molecular weight is 290 g/mol. The van der Waals surface area contributed by atoms with Crippen molar-refractivity contribution in [3.8, 4) is 0 Å². The molecule has 1 aliphatic rings. The third-order valence-electron chi connectivity index (χ3n) is 3.24. The van der Waals surface area contributed by atoms with Crippen LogP contribution in [0, 0.1) is 0 Å². The second-order valence-electron chi connectivity index (χ2n) is 4.52. The van der Waals surface area contributed by atoms with Crippen molar-refractivity contribution < 1.29 is 18.3 Å². The summed E-state index contributed by atoms with van der Waals surface area (Å²) < 4.78 is 23.2. The first-order valence-corrected chi connectivity index (χ1v) is 7.49. The maximum Gasteiger partial charge on any atom is 0.325 e. The fourth-order valence-electron chi connectivity index (χ4n) is 2.35. The largest absolute Gasteiger partial charge is 0.480 e. The zero-order valence-corrected chi connectivity index (χ0v) is 11.1. The quantitative estimate of drug-likeness (QED) is 0.851.